The Hall–Kier alpha value is -1.14. The number of pyridine rings is 1. The summed E-state index contributed by atoms with van der Waals surface area (Å²) in [7, 11) is 0. The molecule has 1 atom stereocenters. The topological polar surface area (TPSA) is 45.5 Å². The second-order valence-electron chi connectivity index (χ2n) is 5.65. The summed E-state index contributed by atoms with van der Waals surface area (Å²) in [6, 6.07) is 4.56. The van der Waals surface area contributed by atoms with Crippen LogP contribution in [0.3, 0.4) is 0 Å². The first-order valence-electron chi connectivity index (χ1n) is 7.76. The molecule has 0 radical (unpaired) electrons. The minimum atomic E-state index is 0.570. The highest BCUT2D eigenvalue weighted by Crippen LogP contribution is 2.17. The molecule has 1 aliphatic rings. The Balaban J connectivity index is 1.81. The van der Waals surface area contributed by atoms with Gasteiger partial charge in [0, 0.05) is 29.8 Å². The third-order valence-electron chi connectivity index (χ3n) is 3.95. The average molecular weight is 352 g/mol. The van der Waals surface area contributed by atoms with Crippen LogP contribution in [0.15, 0.2) is 22.8 Å². The maximum Gasteiger partial charge on any atom is 0.245 e. The fourth-order valence-electron chi connectivity index (χ4n) is 2.78. The first-order valence-corrected chi connectivity index (χ1v) is 8.56. The number of hydrogen-bond acceptors (Lipinski definition) is 4. The Kier molecular flexibility index (Phi) is 4.75. The predicted octanol–water partition coefficient (Wildman–Crippen LogP) is 2.85. The first kappa shape index (κ1) is 14.8. The van der Waals surface area contributed by atoms with Crippen molar-refractivity contribution in [2.24, 2.45) is 0 Å². The Bertz CT molecular complexity index is 591. The molecule has 1 N–H and O–H groups in total. The van der Waals surface area contributed by atoms with Crippen LogP contribution in [0.4, 0.5) is 5.95 Å². The maximum atomic E-state index is 4.68. The van der Waals surface area contributed by atoms with Crippen molar-refractivity contribution in [2.45, 2.75) is 38.6 Å². The van der Waals surface area contributed by atoms with Crippen LogP contribution in [-0.2, 0) is 0 Å². The number of nitrogens with zero attached hydrogens (tertiary/aromatic N) is 4. The van der Waals surface area contributed by atoms with Crippen LogP contribution in [0.1, 0.15) is 32.6 Å². The molecule has 114 valence electrons. The number of halogens is 1. The number of rotatable bonds is 6. The van der Waals surface area contributed by atoms with Gasteiger partial charge in [0.15, 0.2) is 5.65 Å². The number of fused-ring (bicyclic) bond motifs is 1. The molecular weight excluding hydrogens is 330 g/mol. The minimum absolute atomic E-state index is 0.570. The Labute approximate surface area is 133 Å². The van der Waals surface area contributed by atoms with Gasteiger partial charge in [-0.1, -0.05) is 13.3 Å². The van der Waals surface area contributed by atoms with Crippen molar-refractivity contribution in [3.8, 4) is 0 Å². The lowest BCUT2D eigenvalue weighted by molar-refractivity contribution is 0.565. The second kappa shape index (κ2) is 6.75. The van der Waals surface area contributed by atoms with Gasteiger partial charge in [0.2, 0.25) is 5.95 Å². The standard InChI is InChI=1S/C15H22BrN5/c1-2-3-9-20(11-13-5-4-8-17-13)15-18-14-7-6-12(16)10-21(14)19-15/h6-7,10,13,17H,2-5,8-9,11H2,1H3. The molecule has 0 aliphatic carbocycles. The van der Waals surface area contributed by atoms with Crippen molar-refractivity contribution in [3.63, 3.8) is 0 Å². The third-order valence-corrected chi connectivity index (χ3v) is 4.42. The molecule has 1 aliphatic heterocycles. The summed E-state index contributed by atoms with van der Waals surface area (Å²) in [6.07, 6.45) is 6.84. The highest BCUT2D eigenvalue weighted by atomic mass is 79.9. The number of nitrogens with one attached hydrogen (secondary N) is 1. The van der Waals surface area contributed by atoms with Crippen molar-refractivity contribution in [3.05, 3.63) is 22.8 Å². The smallest absolute Gasteiger partial charge is 0.245 e. The van der Waals surface area contributed by atoms with E-state index in [2.05, 4.69) is 43.2 Å². The zero-order chi connectivity index (χ0) is 14.7. The van der Waals surface area contributed by atoms with Gasteiger partial charge in [-0.05, 0) is 53.9 Å². The van der Waals surface area contributed by atoms with Crippen molar-refractivity contribution in [1.82, 2.24) is 19.9 Å². The van der Waals surface area contributed by atoms with Crippen LogP contribution in [-0.4, -0.2) is 40.3 Å². The summed E-state index contributed by atoms with van der Waals surface area (Å²) in [5, 5.41) is 8.21. The van der Waals surface area contributed by atoms with Gasteiger partial charge in [0.05, 0.1) is 0 Å². The molecular formula is C15H22BrN5. The summed E-state index contributed by atoms with van der Waals surface area (Å²) in [5.74, 6) is 0.843. The molecule has 1 fully saturated rings. The number of unbranched alkanes of at least 4 members (excludes halogenated alkanes) is 1. The van der Waals surface area contributed by atoms with E-state index in [1.54, 1.807) is 0 Å². The SMILES string of the molecule is CCCCN(CC1CCCN1)c1nc2ccc(Br)cn2n1. The largest absolute Gasteiger partial charge is 0.338 e. The normalized spacial score (nSPS) is 18.5. The van der Waals surface area contributed by atoms with Crippen molar-refractivity contribution < 1.29 is 0 Å². The molecule has 1 saturated heterocycles. The fourth-order valence-corrected chi connectivity index (χ4v) is 3.11. The van der Waals surface area contributed by atoms with Gasteiger partial charge in [-0.2, -0.15) is 4.98 Å². The first-order chi connectivity index (χ1) is 10.3. The van der Waals surface area contributed by atoms with Crippen LogP contribution in [0.25, 0.3) is 5.65 Å². The van der Waals surface area contributed by atoms with Crippen LogP contribution in [0.2, 0.25) is 0 Å². The summed E-state index contributed by atoms with van der Waals surface area (Å²) in [5.41, 5.74) is 0.897. The monoisotopic (exact) mass is 351 g/mol. The van der Waals surface area contributed by atoms with Crippen LogP contribution in [0.5, 0.6) is 0 Å². The minimum Gasteiger partial charge on any atom is -0.338 e. The molecule has 0 aromatic carbocycles. The summed E-state index contributed by atoms with van der Waals surface area (Å²) < 4.78 is 2.87. The van der Waals surface area contributed by atoms with Gasteiger partial charge in [-0.3, -0.25) is 0 Å². The average Bonchev–Trinajstić information content (AvgIpc) is 3.11. The van der Waals surface area contributed by atoms with Gasteiger partial charge in [0.25, 0.3) is 0 Å². The van der Waals surface area contributed by atoms with E-state index in [-0.39, 0.29) is 0 Å². The lowest BCUT2D eigenvalue weighted by atomic mass is 10.2. The zero-order valence-corrected chi connectivity index (χ0v) is 14.0. The fraction of sp³-hybridized carbons (Fsp3) is 0.600. The van der Waals surface area contributed by atoms with Crippen molar-refractivity contribution in [2.75, 3.05) is 24.5 Å². The van der Waals surface area contributed by atoms with Crippen molar-refractivity contribution >= 4 is 27.5 Å². The molecule has 0 spiro atoms. The predicted molar refractivity (Wildman–Crippen MR) is 88.8 cm³/mol. The molecule has 3 rings (SSSR count). The van der Waals surface area contributed by atoms with Crippen LogP contribution in [0, 0.1) is 0 Å². The van der Waals surface area contributed by atoms with E-state index < -0.39 is 0 Å². The molecule has 2 aromatic heterocycles. The molecule has 1 unspecified atom stereocenters. The summed E-state index contributed by atoms with van der Waals surface area (Å²) >= 11 is 3.48. The molecule has 5 nitrogen and oxygen atoms in total. The Morgan fingerprint density at radius 3 is 3.14 bits per heavy atom. The number of anilines is 1. The number of hydrogen-bond donors (Lipinski definition) is 1. The van der Waals surface area contributed by atoms with Crippen LogP contribution < -0.4 is 10.2 Å². The van der Waals surface area contributed by atoms with Crippen molar-refractivity contribution in [1.29, 1.82) is 0 Å². The summed E-state index contributed by atoms with van der Waals surface area (Å²) in [6.45, 7) is 5.38. The van der Waals surface area contributed by atoms with Gasteiger partial charge >= 0.3 is 0 Å². The van der Waals surface area contributed by atoms with E-state index in [4.69, 9.17) is 0 Å². The molecule has 3 heterocycles. The van der Waals surface area contributed by atoms with E-state index in [0.29, 0.717) is 6.04 Å². The lowest BCUT2D eigenvalue weighted by Gasteiger charge is -2.24. The van der Waals surface area contributed by atoms with E-state index in [9.17, 15) is 0 Å². The van der Waals surface area contributed by atoms with E-state index in [1.165, 1.54) is 25.7 Å². The van der Waals surface area contributed by atoms with E-state index in [0.717, 1.165) is 35.7 Å². The highest BCUT2D eigenvalue weighted by Gasteiger charge is 2.20. The van der Waals surface area contributed by atoms with Gasteiger partial charge in [-0.15, -0.1) is 5.10 Å². The molecule has 0 bridgehead atoms. The maximum absolute atomic E-state index is 4.68. The summed E-state index contributed by atoms with van der Waals surface area (Å²) in [4.78, 5) is 7.01. The Morgan fingerprint density at radius 1 is 1.48 bits per heavy atom. The third kappa shape index (κ3) is 3.55. The molecule has 21 heavy (non-hydrogen) atoms. The van der Waals surface area contributed by atoms with Gasteiger partial charge in [-0.25, -0.2) is 4.52 Å². The Morgan fingerprint density at radius 2 is 2.38 bits per heavy atom. The lowest BCUT2D eigenvalue weighted by Crippen LogP contribution is -2.38. The molecule has 0 amide bonds. The second-order valence-corrected chi connectivity index (χ2v) is 6.57. The van der Waals surface area contributed by atoms with Crippen LogP contribution >= 0.6 is 15.9 Å². The molecule has 0 saturated carbocycles. The molecule has 2 aromatic rings. The van der Waals surface area contributed by atoms with Gasteiger partial charge in [0.1, 0.15) is 0 Å². The number of aromatic nitrogens is 3. The molecule has 6 heteroatoms. The van der Waals surface area contributed by atoms with E-state index >= 15 is 0 Å². The van der Waals surface area contributed by atoms with E-state index in [1.807, 2.05) is 22.8 Å². The zero-order valence-electron chi connectivity index (χ0n) is 12.4. The highest BCUT2D eigenvalue weighted by molar-refractivity contribution is 9.10. The van der Waals surface area contributed by atoms with Gasteiger partial charge < -0.3 is 10.2 Å². The quantitative estimate of drug-likeness (QED) is 0.869.